The lowest BCUT2D eigenvalue weighted by atomic mass is 10.1. The van der Waals surface area contributed by atoms with E-state index in [4.69, 9.17) is 15.3 Å². The molecule has 1 aromatic rings. The third-order valence-corrected chi connectivity index (χ3v) is 2.44. The van der Waals surface area contributed by atoms with Gasteiger partial charge in [-0.05, 0) is 23.8 Å². The summed E-state index contributed by atoms with van der Waals surface area (Å²) in [6.07, 6.45) is 1.52. The van der Waals surface area contributed by atoms with E-state index in [1.807, 2.05) is 0 Å². The first-order valence-corrected chi connectivity index (χ1v) is 4.86. The predicted octanol–water partition coefficient (Wildman–Crippen LogP) is 2.89. The summed E-state index contributed by atoms with van der Waals surface area (Å²) in [6.45, 7) is 0. The zero-order valence-electron chi connectivity index (χ0n) is 7.99. The Bertz CT molecular complexity index is 464. The summed E-state index contributed by atoms with van der Waals surface area (Å²) >= 11 is 3.33. The molecule has 0 unspecified atom stereocenters. The zero-order valence-corrected chi connectivity index (χ0v) is 9.58. The summed E-state index contributed by atoms with van der Waals surface area (Å²) < 4.78 is 5.81. The Morgan fingerprint density at radius 1 is 1.40 bits per heavy atom. The molecule has 0 spiro atoms. The van der Waals surface area contributed by atoms with Gasteiger partial charge >= 0.3 is 0 Å². The van der Waals surface area contributed by atoms with Crippen LogP contribution in [0.3, 0.4) is 0 Å². The van der Waals surface area contributed by atoms with E-state index in [1.54, 1.807) is 37.4 Å². The number of hydrogen-bond donors (Lipinski definition) is 0. The Hall–Kier alpha value is -1.78. The highest BCUT2D eigenvalue weighted by Crippen LogP contribution is 2.24. The van der Waals surface area contributed by atoms with Crippen LogP contribution in [0.2, 0.25) is 0 Å². The van der Waals surface area contributed by atoms with Crippen LogP contribution in [-0.4, -0.2) is 7.11 Å². The predicted molar refractivity (Wildman–Crippen MR) is 59.9 cm³/mol. The molecule has 0 saturated carbocycles. The third kappa shape index (κ3) is 2.83. The molecule has 0 saturated heterocycles. The monoisotopic (exact) mass is 262 g/mol. The van der Waals surface area contributed by atoms with Crippen molar-refractivity contribution < 1.29 is 4.74 Å². The first-order valence-electron chi connectivity index (χ1n) is 4.06. The van der Waals surface area contributed by atoms with Gasteiger partial charge in [0, 0.05) is 4.47 Å². The van der Waals surface area contributed by atoms with Gasteiger partial charge in [0.25, 0.3) is 0 Å². The fraction of sp³-hybridized carbons (Fsp3) is 0.0909. The van der Waals surface area contributed by atoms with Gasteiger partial charge in [0.15, 0.2) is 0 Å². The highest BCUT2D eigenvalue weighted by Gasteiger charge is 2.01. The number of ether oxygens (including phenoxy) is 1. The lowest BCUT2D eigenvalue weighted by molar-refractivity contribution is 0.414. The van der Waals surface area contributed by atoms with Gasteiger partial charge in [0.1, 0.15) is 23.5 Å². The van der Waals surface area contributed by atoms with Gasteiger partial charge in [-0.3, -0.25) is 0 Å². The largest absolute Gasteiger partial charge is 0.497 e. The smallest absolute Gasteiger partial charge is 0.130 e. The van der Waals surface area contributed by atoms with Gasteiger partial charge in [-0.1, -0.05) is 22.0 Å². The summed E-state index contributed by atoms with van der Waals surface area (Å²) in [4.78, 5) is 0. The standard InChI is InChI=1S/C11H7BrN2O/c1-15-10-3-2-9(11(12)5-10)4-8(6-13)7-14/h2-5H,1H3. The molecule has 0 aliphatic heterocycles. The van der Waals surface area contributed by atoms with Crippen molar-refractivity contribution in [3.63, 3.8) is 0 Å². The molecule has 0 heterocycles. The van der Waals surface area contributed by atoms with Crippen molar-refractivity contribution in [3.8, 4) is 17.9 Å². The van der Waals surface area contributed by atoms with E-state index in [9.17, 15) is 0 Å². The average molecular weight is 263 g/mol. The zero-order chi connectivity index (χ0) is 11.3. The van der Waals surface area contributed by atoms with Crippen molar-refractivity contribution in [2.75, 3.05) is 7.11 Å². The van der Waals surface area contributed by atoms with E-state index in [-0.39, 0.29) is 5.57 Å². The molecule has 0 fully saturated rings. The van der Waals surface area contributed by atoms with Crippen molar-refractivity contribution in [2.24, 2.45) is 0 Å². The third-order valence-electron chi connectivity index (χ3n) is 1.75. The van der Waals surface area contributed by atoms with Crippen molar-refractivity contribution in [1.29, 1.82) is 10.5 Å². The van der Waals surface area contributed by atoms with Crippen molar-refractivity contribution in [3.05, 3.63) is 33.8 Å². The Balaban J connectivity index is 3.14. The molecular formula is C11H7BrN2O. The van der Waals surface area contributed by atoms with Crippen molar-refractivity contribution in [1.82, 2.24) is 0 Å². The van der Waals surface area contributed by atoms with E-state index in [0.717, 1.165) is 15.8 Å². The van der Waals surface area contributed by atoms with Gasteiger partial charge < -0.3 is 4.74 Å². The number of methoxy groups -OCH3 is 1. The first-order chi connectivity index (χ1) is 7.21. The Morgan fingerprint density at radius 2 is 2.07 bits per heavy atom. The second kappa shape index (κ2) is 5.19. The second-order valence-electron chi connectivity index (χ2n) is 2.67. The quantitative estimate of drug-likeness (QED) is 0.771. The molecule has 1 aromatic carbocycles. The van der Waals surface area contributed by atoms with Crippen LogP contribution in [0.4, 0.5) is 0 Å². The number of halogens is 1. The first kappa shape index (κ1) is 11.3. The number of allylic oxidation sites excluding steroid dienone is 1. The lowest BCUT2D eigenvalue weighted by Gasteiger charge is -2.02. The summed E-state index contributed by atoms with van der Waals surface area (Å²) in [5, 5.41) is 17.2. The minimum absolute atomic E-state index is 0.0702. The molecule has 0 bridgehead atoms. The Morgan fingerprint density at radius 3 is 2.53 bits per heavy atom. The molecule has 0 amide bonds. The van der Waals surface area contributed by atoms with Gasteiger partial charge in [0.2, 0.25) is 0 Å². The van der Waals surface area contributed by atoms with Crippen LogP contribution in [-0.2, 0) is 0 Å². The van der Waals surface area contributed by atoms with Crippen LogP contribution in [0.1, 0.15) is 5.56 Å². The van der Waals surface area contributed by atoms with E-state index in [2.05, 4.69) is 15.9 Å². The molecule has 74 valence electrons. The normalized spacial score (nSPS) is 8.53. The molecule has 0 aromatic heterocycles. The topological polar surface area (TPSA) is 56.8 Å². The fourth-order valence-electron chi connectivity index (χ4n) is 0.997. The molecule has 0 aliphatic carbocycles. The number of nitrogens with zero attached hydrogens (tertiary/aromatic N) is 2. The maximum Gasteiger partial charge on any atom is 0.130 e. The van der Waals surface area contributed by atoms with Crippen LogP contribution in [0.15, 0.2) is 28.2 Å². The Kier molecular flexibility index (Phi) is 3.91. The van der Waals surface area contributed by atoms with Crippen molar-refractivity contribution in [2.45, 2.75) is 0 Å². The van der Waals surface area contributed by atoms with Crippen LogP contribution in [0.5, 0.6) is 5.75 Å². The van der Waals surface area contributed by atoms with Gasteiger partial charge in [-0.15, -0.1) is 0 Å². The summed E-state index contributed by atoms with van der Waals surface area (Å²) in [7, 11) is 1.58. The van der Waals surface area contributed by atoms with Crippen molar-refractivity contribution >= 4 is 22.0 Å². The molecule has 3 nitrogen and oxygen atoms in total. The van der Waals surface area contributed by atoms with Crippen LogP contribution < -0.4 is 4.74 Å². The van der Waals surface area contributed by atoms with E-state index >= 15 is 0 Å². The summed E-state index contributed by atoms with van der Waals surface area (Å²) in [5.41, 5.74) is 0.842. The maximum atomic E-state index is 8.60. The molecule has 0 radical (unpaired) electrons. The maximum absolute atomic E-state index is 8.60. The minimum atomic E-state index is 0.0702. The van der Waals surface area contributed by atoms with E-state index < -0.39 is 0 Å². The van der Waals surface area contributed by atoms with Crippen LogP contribution >= 0.6 is 15.9 Å². The summed E-state index contributed by atoms with van der Waals surface area (Å²) in [5.74, 6) is 0.717. The highest BCUT2D eigenvalue weighted by atomic mass is 79.9. The number of rotatable bonds is 2. The van der Waals surface area contributed by atoms with E-state index in [0.29, 0.717) is 0 Å². The fourth-order valence-corrected chi connectivity index (χ4v) is 1.47. The molecule has 0 atom stereocenters. The van der Waals surface area contributed by atoms with Gasteiger partial charge in [-0.25, -0.2) is 0 Å². The van der Waals surface area contributed by atoms with Crippen LogP contribution in [0, 0.1) is 22.7 Å². The molecule has 0 aliphatic rings. The van der Waals surface area contributed by atoms with Gasteiger partial charge in [0.05, 0.1) is 7.11 Å². The number of benzene rings is 1. The highest BCUT2D eigenvalue weighted by molar-refractivity contribution is 9.10. The van der Waals surface area contributed by atoms with Crippen LogP contribution in [0.25, 0.3) is 6.08 Å². The number of nitriles is 2. The van der Waals surface area contributed by atoms with Gasteiger partial charge in [-0.2, -0.15) is 10.5 Å². The molecular weight excluding hydrogens is 256 g/mol. The Labute approximate surface area is 96.3 Å². The molecule has 4 heteroatoms. The molecule has 0 N–H and O–H groups in total. The average Bonchev–Trinajstić information content (AvgIpc) is 2.27. The SMILES string of the molecule is COc1ccc(C=C(C#N)C#N)c(Br)c1. The van der Waals surface area contributed by atoms with E-state index in [1.165, 1.54) is 6.08 Å². The lowest BCUT2D eigenvalue weighted by Crippen LogP contribution is -1.84. The molecule has 1 rings (SSSR count). The summed E-state index contributed by atoms with van der Waals surface area (Å²) in [6, 6.07) is 8.93. The second-order valence-corrected chi connectivity index (χ2v) is 3.52. The minimum Gasteiger partial charge on any atom is -0.497 e. The molecule has 15 heavy (non-hydrogen) atoms. The number of hydrogen-bond acceptors (Lipinski definition) is 3.